The van der Waals surface area contributed by atoms with Gasteiger partial charge in [-0.15, -0.1) is 0 Å². The van der Waals surface area contributed by atoms with Crippen LogP contribution >= 0.6 is 0 Å². The molecule has 0 aliphatic carbocycles. The Morgan fingerprint density at radius 2 is 1.96 bits per heavy atom. The Morgan fingerprint density at radius 1 is 1.17 bits per heavy atom. The van der Waals surface area contributed by atoms with Crippen molar-refractivity contribution in [3.63, 3.8) is 0 Å². The Bertz CT molecular complexity index is 641. The minimum atomic E-state index is -0.178. The van der Waals surface area contributed by atoms with E-state index in [4.69, 9.17) is 4.74 Å². The van der Waals surface area contributed by atoms with Gasteiger partial charge in [-0.1, -0.05) is 31.9 Å². The second-order valence-corrected chi connectivity index (χ2v) is 5.59. The number of nitrogens with one attached hydrogen (secondary N) is 2. The third kappa shape index (κ3) is 5.57. The van der Waals surface area contributed by atoms with Gasteiger partial charge in [0.25, 0.3) is 5.91 Å². The smallest absolute Gasteiger partial charge is 0.270 e. The molecule has 0 unspecified atom stereocenters. The largest absolute Gasteiger partial charge is 0.497 e. The van der Waals surface area contributed by atoms with Crippen molar-refractivity contribution >= 4 is 11.6 Å². The Labute approximate surface area is 143 Å². The lowest BCUT2D eigenvalue weighted by Crippen LogP contribution is -2.23. The fourth-order valence-electron chi connectivity index (χ4n) is 2.29. The summed E-state index contributed by atoms with van der Waals surface area (Å²) in [6.07, 6.45) is 5.17. The average molecular weight is 327 g/mol. The van der Waals surface area contributed by atoms with Gasteiger partial charge < -0.3 is 15.4 Å². The molecule has 0 saturated carbocycles. The monoisotopic (exact) mass is 327 g/mol. The van der Waals surface area contributed by atoms with E-state index in [1.165, 1.54) is 12.8 Å². The number of benzene rings is 1. The number of aromatic nitrogens is 1. The van der Waals surface area contributed by atoms with E-state index in [1.54, 1.807) is 19.4 Å². The Morgan fingerprint density at radius 3 is 2.67 bits per heavy atom. The third-order valence-corrected chi connectivity index (χ3v) is 3.71. The summed E-state index contributed by atoms with van der Waals surface area (Å²) in [5, 5.41) is 6.21. The minimum Gasteiger partial charge on any atom is -0.497 e. The lowest BCUT2D eigenvalue weighted by molar-refractivity contribution is 0.0946. The molecule has 1 amide bonds. The van der Waals surface area contributed by atoms with Crippen LogP contribution in [-0.2, 0) is 6.54 Å². The molecule has 5 nitrogen and oxygen atoms in total. The van der Waals surface area contributed by atoms with Crippen molar-refractivity contribution < 1.29 is 9.53 Å². The number of hydrogen-bond acceptors (Lipinski definition) is 4. The number of unbranched alkanes of at least 4 members (excludes halogenated alkanes) is 2. The number of rotatable bonds is 9. The highest BCUT2D eigenvalue weighted by Crippen LogP contribution is 2.12. The van der Waals surface area contributed by atoms with E-state index in [2.05, 4.69) is 22.5 Å². The zero-order valence-electron chi connectivity index (χ0n) is 14.3. The molecule has 1 aromatic heterocycles. The topological polar surface area (TPSA) is 63.2 Å². The first-order chi connectivity index (χ1) is 11.7. The van der Waals surface area contributed by atoms with Crippen LogP contribution in [0.15, 0.2) is 42.6 Å². The molecule has 0 aliphatic heterocycles. The fourth-order valence-corrected chi connectivity index (χ4v) is 2.29. The number of methoxy groups -OCH3 is 1. The van der Waals surface area contributed by atoms with Gasteiger partial charge in [0.05, 0.1) is 7.11 Å². The Hall–Kier alpha value is -2.56. The van der Waals surface area contributed by atoms with Gasteiger partial charge in [0.2, 0.25) is 0 Å². The van der Waals surface area contributed by atoms with Crippen LogP contribution < -0.4 is 15.4 Å². The van der Waals surface area contributed by atoms with Gasteiger partial charge in [-0.2, -0.15) is 0 Å². The first kappa shape index (κ1) is 17.8. The second-order valence-electron chi connectivity index (χ2n) is 5.59. The highest BCUT2D eigenvalue weighted by atomic mass is 16.5. The van der Waals surface area contributed by atoms with Crippen molar-refractivity contribution in [2.75, 3.05) is 19.0 Å². The molecule has 0 fully saturated rings. The first-order valence-electron chi connectivity index (χ1n) is 8.34. The van der Waals surface area contributed by atoms with Gasteiger partial charge in [0.1, 0.15) is 11.4 Å². The predicted molar refractivity (Wildman–Crippen MR) is 96.4 cm³/mol. The van der Waals surface area contributed by atoms with Crippen LogP contribution in [-0.4, -0.2) is 24.5 Å². The van der Waals surface area contributed by atoms with Crippen molar-refractivity contribution in [1.82, 2.24) is 10.3 Å². The maximum atomic E-state index is 12.2. The van der Waals surface area contributed by atoms with E-state index in [0.29, 0.717) is 12.2 Å². The normalized spacial score (nSPS) is 10.2. The number of pyridine rings is 1. The molecule has 2 rings (SSSR count). The molecule has 2 N–H and O–H groups in total. The number of nitrogens with zero attached hydrogens (tertiary/aromatic N) is 1. The molecule has 0 atom stereocenters. The second kappa shape index (κ2) is 9.55. The number of carbonyl (C=O) groups is 1. The molecule has 0 radical (unpaired) electrons. The van der Waals surface area contributed by atoms with Crippen molar-refractivity contribution in [3.05, 3.63) is 53.9 Å². The summed E-state index contributed by atoms with van der Waals surface area (Å²) in [5.41, 5.74) is 2.36. The summed E-state index contributed by atoms with van der Waals surface area (Å²) in [6.45, 7) is 3.54. The molecular weight excluding hydrogens is 302 g/mol. The van der Waals surface area contributed by atoms with Gasteiger partial charge in [-0.25, -0.2) is 0 Å². The van der Waals surface area contributed by atoms with Crippen LogP contribution in [0.1, 0.15) is 42.2 Å². The molecule has 24 heavy (non-hydrogen) atoms. The average Bonchev–Trinajstić information content (AvgIpc) is 2.64. The van der Waals surface area contributed by atoms with Gasteiger partial charge in [-0.3, -0.25) is 9.78 Å². The number of anilines is 1. The molecule has 128 valence electrons. The van der Waals surface area contributed by atoms with Crippen molar-refractivity contribution in [2.24, 2.45) is 0 Å². The summed E-state index contributed by atoms with van der Waals surface area (Å²) >= 11 is 0. The van der Waals surface area contributed by atoms with Crippen LogP contribution in [0.4, 0.5) is 5.69 Å². The van der Waals surface area contributed by atoms with Gasteiger partial charge >= 0.3 is 0 Å². The summed E-state index contributed by atoms with van der Waals surface area (Å²) < 4.78 is 5.12. The molecule has 2 aromatic rings. The Kier molecular flexibility index (Phi) is 7.08. The zero-order chi connectivity index (χ0) is 17.2. The van der Waals surface area contributed by atoms with E-state index < -0.39 is 0 Å². The van der Waals surface area contributed by atoms with Gasteiger partial charge in [0, 0.05) is 25.0 Å². The lowest BCUT2D eigenvalue weighted by Gasteiger charge is -2.09. The number of amides is 1. The molecule has 1 heterocycles. The molecule has 5 heteroatoms. The molecule has 1 aromatic carbocycles. The summed E-state index contributed by atoms with van der Waals surface area (Å²) in [6, 6.07) is 11.3. The van der Waals surface area contributed by atoms with Crippen molar-refractivity contribution in [3.8, 4) is 5.75 Å². The fraction of sp³-hybridized carbons (Fsp3) is 0.368. The predicted octanol–water partition coefficient (Wildman–Crippen LogP) is 3.62. The van der Waals surface area contributed by atoms with Crippen LogP contribution in [0, 0.1) is 0 Å². The quantitative estimate of drug-likeness (QED) is 0.691. The molecular formula is C19H25N3O2. The van der Waals surface area contributed by atoms with Gasteiger partial charge in [0.15, 0.2) is 0 Å². The maximum Gasteiger partial charge on any atom is 0.270 e. The number of hydrogen-bond donors (Lipinski definition) is 2. The first-order valence-corrected chi connectivity index (χ1v) is 8.34. The molecule has 0 aliphatic rings. The van der Waals surface area contributed by atoms with Crippen molar-refractivity contribution in [1.29, 1.82) is 0 Å². The molecule has 0 saturated heterocycles. The van der Waals surface area contributed by atoms with Crippen LogP contribution in [0.3, 0.4) is 0 Å². The highest BCUT2D eigenvalue weighted by molar-refractivity contribution is 5.93. The summed E-state index contributed by atoms with van der Waals surface area (Å²) in [4.78, 5) is 16.4. The van der Waals surface area contributed by atoms with E-state index in [9.17, 15) is 4.79 Å². The minimum absolute atomic E-state index is 0.178. The SMILES string of the molecule is CCCCCNc1ccnc(C(=O)NCc2ccc(OC)cc2)c1. The van der Waals surface area contributed by atoms with E-state index in [0.717, 1.165) is 30.0 Å². The van der Waals surface area contributed by atoms with Crippen molar-refractivity contribution in [2.45, 2.75) is 32.7 Å². The van der Waals surface area contributed by atoms with E-state index in [1.807, 2.05) is 30.3 Å². The number of ether oxygens (including phenoxy) is 1. The summed E-state index contributed by atoms with van der Waals surface area (Å²) in [5.74, 6) is 0.622. The summed E-state index contributed by atoms with van der Waals surface area (Å²) in [7, 11) is 1.63. The maximum absolute atomic E-state index is 12.2. The van der Waals surface area contributed by atoms with E-state index in [-0.39, 0.29) is 5.91 Å². The Balaban J connectivity index is 1.86. The third-order valence-electron chi connectivity index (χ3n) is 3.71. The van der Waals surface area contributed by atoms with Crippen LogP contribution in [0.25, 0.3) is 0 Å². The molecule has 0 spiro atoms. The van der Waals surface area contributed by atoms with Crippen LogP contribution in [0.5, 0.6) is 5.75 Å². The highest BCUT2D eigenvalue weighted by Gasteiger charge is 2.07. The standard InChI is InChI=1S/C19H25N3O2/c1-3-4-5-11-20-16-10-12-21-18(13-16)19(23)22-14-15-6-8-17(24-2)9-7-15/h6-10,12-13H,3-5,11,14H2,1-2H3,(H,20,21)(H,22,23). The zero-order valence-corrected chi connectivity index (χ0v) is 14.3. The van der Waals surface area contributed by atoms with E-state index >= 15 is 0 Å². The lowest BCUT2D eigenvalue weighted by atomic mass is 10.2. The number of carbonyl (C=O) groups excluding carboxylic acids is 1. The molecule has 0 bridgehead atoms. The van der Waals surface area contributed by atoms with Crippen LogP contribution in [0.2, 0.25) is 0 Å². The van der Waals surface area contributed by atoms with Gasteiger partial charge in [-0.05, 0) is 36.2 Å².